The maximum Gasteiger partial charge on any atom is 0.338 e. The molecule has 0 N–H and O–H groups in total. The summed E-state index contributed by atoms with van der Waals surface area (Å²) in [5, 5.41) is 0.449. The van der Waals surface area contributed by atoms with Gasteiger partial charge in [-0.15, -0.1) is 0 Å². The van der Waals surface area contributed by atoms with E-state index in [2.05, 4.69) is 4.74 Å². The van der Waals surface area contributed by atoms with Crippen molar-refractivity contribution in [3.63, 3.8) is 0 Å². The van der Waals surface area contributed by atoms with Crippen LogP contribution in [0.25, 0.3) is 0 Å². The molecule has 0 amide bonds. The van der Waals surface area contributed by atoms with Crippen molar-refractivity contribution < 1.29 is 19.1 Å². The topological polar surface area (TPSA) is 52.6 Å². The molecule has 0 saturated heterocycles. The Labute approximate surface area is 111 Å². The number of methoxy groups -OCH3 is 1. The number of rotatable bonds is 5. The van der Waals surface area contributed by atoms with E-state index in [-0.39, 0.29) is 12.4 Å². The van der Waals surface area contributed by atoms with Gasteiger partial charge in [-0.05, 0) is 31.0 Å². The van der Waals surface area contributed by atoms with E-state index in [4.69, 9.17) is 16.3 Å². The third-order valence-electron chi connectivity index (χ3n) is 2.42. The zero-order chi connectivity index (χ0) is 13.5. The third-order valence-corrected chi connectivity index (χ3v) is 2.78. The molecule has 0 aromatic heterocycles. The summed E-state index contributed by atoms with van der Waals surface area (Å²) in [6, 6.07) is 4.99. The Morgan fingerprint density at radius 1 is 1.33 bits per heavy atom. The van der Waals surface area contributed by atoms with E-state index < -0.39 is 5.97 Å². The van der Waals surface area contributed by atoms with Crippen molar-refractivity contribution >= 4 is 23.5 Å². The second kappa shape index (κ2) is 7.01. The first-order chi connectivity index (χ1) is 8.60. The Bertz CT molecular complexity index is 443. The summed E-state index contributed by atoms with van der Waals surface area (Å²) in [4.78, 5) is 22.9. The zero-order valence-electron chi connectivity index (χ0n) is 10.4. The molecule has 0 aliphatic carbocycles. The lowest BCUT2D eigenvalue weighted by molar-refractivity contribution is -0.140. The Kier molecular flexibility index (Phi) is 5.65. The van der Waals surface area contributed by atoms with Crippen LogP contribution in [0.2, 0.25) is 5.02 Å². The van der Waals surface area contributed by atoms with Crippen LogP contribution in [0.1, 0.15) is 29.3 Å². The second-order valence-corrected chi connectivity index (χ2v) is 3.97. The number of esters is 2. The van der Waals surface area contributed by atoms with Crippen molar-refractivity contribution in [1.29, 1.82) is 0 Å². The number of benzene rings is 1. The molecule has 0 aliphatic heterocycles. The molecule has 18 heavy (non-hydrogen) atoms. The first-order valence-electron chi connectivity index (χ1n) is 5.61. The van der Waals surface area contributed by atoms with Crippen LogP contribution in [-0.2, 0) is 20.7 Å². The molecular weight excluding hydrogens is 256 g/mol. The number of hydrogen-bond donors (Lipinski definition) is 0. The monoisotopic (exact) mass is 270 g/mol. The molecule has 0 spiro atoms. The van der Waals surface area contributed by atoms with Crippen LogP contribution >= 0.6 is 11.6 Å². The summed E-state index contributed by atoms with van der Waals surface area (Å²) in [5.74, 6) is -0.774. The summed E-state index contributed by atoms with van der Waals surface area (Å²) >= 11 is 6.04. The zero-order valence-corrected chi connectivity index (χ0v) is 11.1. The average Bonchev–Trinajstić information content (AvgIpc) is 2.36. The van der Waals surface area contributed by atoms with E-state index in [1.165, 1.54) is 7.11 Å². The van der Waals surface area contributed by atoms with Gasteiger partial charge in [-0.2, -0.15) is 0 Å². The van der Waals surface area contributed by atoms with E-state index in [0.717, 1.165) is 0 Å². The number of hydrogen-bond acceptors (Lipinski definition) is 4. The van der Waals surface area contributed by atoms with Gasteiger partial charge in [-0.25, -0.2) is 4.79 Å². The number of ether oxygens (including phenoxy) is 2. The lowest BCUT2D eigenvalue weighted by Crippen LogP contribution is -2.10. The smallest absolute Gasteiger partial charge is 0.338 e. The maximum absolute atomic E-state index is 11.7. The lowest BCUT2D eigenvalue weighted by atomic mass is 10.0. The third kappa shape index (κ3) is 3.74. The average molecular weight is 271 g/mol. The van der Waals surface area contributed by atoms with Crippen LogP contribution < -0.4 is 0 Å². The second-order valence-electron chi connectivity index (χ2n) is 3.56. The highest BCUT2D eigenvalue weighted by molar-refractivity contribution is 6.31. The largest absolute Gasteiger partial charge is 0.469 e. The summed E-state index contributed by atoms with van der Waals surface area (Å²) in [6.07, 6.45) is 0.521. The van der Waals surface area contributed by atoms with Crippen LogP contribution in [-0.4, -0.2) is 25.7 Å². The molecule has 0 bridgehead atoms. The Morgan fingerprint density at radius 3 is 2.67 bits per heavy atom. The van der Waals surface area contributed by atoms with Gasteiger partial charge in [0.15, 0.2) is 0 Å². The summed E-state index contributed by atoms with van der Waals surface area (Å²) in [6.45, 7) is 2.03. The molecule has 0 unspecified atom stereocenters. The fourth-order valence-corrected chi connectivity index (χ4v) is 1.81. The molecular formula is C13H15ClO4. The molecule has 4 nitrogen and oxygen atoms in total. The van der Waals surface area contributed by atoms with E-state index in [1.54, 1.807) is 25.1 Å². The minimum Gasteiger partial charge on any atom is -0.469 e. The quantitative estimate of drug-likeness (QED) is 0.772. The van der Waals surface area contributed by atoms with E-state index >= 15 is 0 Å². The standard InChI is InChI=1S/C13H15ClO4/c1-3-18-13(16)10-5-4-6-11(14)9(10)7-8-12(15)17-2/h4-6H,3,7-8H2,1-2H3. The molecule has 1 aromatic rings. The minimum absolute atomic E-state index is 0.173. The predicted octanol–water partition coefficient (Wildman–Crippen LogP) is 2.62. The van der Waals surface area contributed by atoms with Gasteiger partial charge in [0, 0.05) is 11.4 Å². The van der Waals surface area contributed by atoms with Crippen LogP contribution in [0.5, 0.6) is 0 Å². The first-order valence-corrected chi connectivity index (χ1v) is 5.99. The lowest BCUT2D eigenvalue weighted by Gasteiger charge is -2.10. The molecule has 0 aliphatic rings. The van der Waals surface area contributed by atoms with Gasteiger partial charge < -0.3 is 9.47 Å². The van der Waals surface area contributed by atoms with Gasteiger partial charge in [0.05, 0.1) is 19.3 Å². The van der Waals surface area contributed by atoms with Crippen LogP contribution in [0.15, 0.2) is 18.2 Å². The van der Waals surface area contributed by atoms with Gasteiger partial charge in [0.2, 0.25) is 0 Å². The highest BCUT2D eigenvalue weighted by atomic mass is 35.5. The van der Waals surface area contributed by atoms with Gasteiger partial charge in [0.25, 0.3) is 0 Å². The molecule has 1 aromatic carbocycles. The van der Waals surface area contributed by atoms with Crippen molar-refractivity contribution in [1.82, 2.24) is 0 Å². The molecule has 1 rings (SSSR count). The van der Waals surface area contributed by atoms with Gasteiger partial charge >= 0.3 is 11.9 Å². The Hall–Kier alpha value is -1.55. The fraction of sp³-hybridized carbons (Fsp3) is 0.385. The first kappa shape index (κ1) is 14.5. The normalized spacial score (nSPS) is 9.94. The Balaban J connectivity index is 2.93. The molecule has 98 valence electrons. The summed E-state index contributed by atoms with van der Waals surface area (Å²) < 4.78 is 9.50. The highest BCUT2D eigenvalue weighted by Gasteiger charge is 2.16. The summed E-state index contributed by atoms with van der Waals surface area (Å²) in [7, 11) is 1.32. The fourth-order valence-electron chi connectivity index (χ4n) is 1.54. The van der Waals surface area contributed by atoms with Crippen molar-refractivity contribution in [3.05, 3.63) is 34.3 Å². The van der Waals surface area contributed by atoms with Crippen molar-refractivity contribution in [2.75, 3.05) is 13.7 Å². The maximum atomic E-state index is 11.7. The van der Waals surface area contributed by atoms with Gasteiger partial charge in [0.1, 0.15) is 0 Å². The molecule has 0 heterocycles. The van der Waals surface area contributed by atoms with Crippen LogP contribution in [0, 0.1) is 0 Å². The molecule has 0 atom stereocenters. The van der Waals surface area contributed by atoms with E-state index in [0.29, 0.717) is 29.2 Å². The number of carbonyl (C=O) groups is 2. The Morgan fingerprint density at radius 2 is 2.06 bits per heavy atom. The van der Waals surface area contributed by atoms with E-state index in [9.17, 15) is 9.59 Å². The predicted molar refractivity (Wildman–Crippen MR) is 67.7 cm³/mol. The van der Waals surface area contributed by atoms with Crippen molar-refractivity contribution in [2.24, 2.45) is 0 Å². The summed E-state index contributed by atoms with van der Waals surface area (Å²) in [5.41, 5.74) is 1.01. The van der Waals surface area contributed by atoms with Crippen molar-refractivity contribution in [3.8, 4) is 0 Å². The number of halogens is 1. The molecule has 5 heteroatoms. The van der Waals surface area contributed by atoms with Crippen LogP contribution in [0.3, 0.4) is 0 Å². The molecule has 0 radical (unpaired) electrons. The van der Waals surface area contributed by atoms with Gasteiger partial charge in [-0.1, -0.05) is 17.7 Å². The minimum atomic E-state index is -0.431. The van der Waals surface area contributed by atoms with Crippen LogP contribution in [0.4, 0.5) is 0 Å². The van der Waals surface area contributed by atoms with E-state index in [1.807, 2.05) is 0 Å². The van der Waals surface area contributed by atoms with Crippen molar-refractivity contribution in [2.45, 2.75) is 19.8 Å². The van der Waals surface area contributed by atoms with Gasteiger partial charge in [-0.3, -0.25) is 4.79 Å². The highest BCUT2D eigenvalue weighted by Crippen LogP contribution is 2.22. The SMILES string of the molecule is CCOC(=O)c1cccc(Cl)c1CCC(=O)OC. The number of carbonyl (C=O) groups excluding carboxylic acids is 2. The molecule has 0 fully saturated rings. The molecule has 0 saturated carbocycles.